The van der Waals surface area contributed by atoms with Crippen LogP contribution in [0, 0.1) is 17.2 Å². The second-order valence-electron chi connectivity index (χ2n) is 4.82. The van der Waals surface area contributed by atoms with E-state index in [1.165, 1.54) is 0 Å². The van der Waals surface area contributed by atoms with Crippen molar-refractivity contribution in [2.75, 3.05) is 39.3 Å². The van der Waals surface area contributed by atoms with Crippen molar-refractivity contribution in [2.24, 2.45) is 5.92 Å². The van der Waals surface area contributed by atoms with Crippen molar-refractivity contribution in [3.05, 3.63) is 0 Å². The Balaban J connectivity index is 2.32. The zero-order valence-electron chi connectivity index (χ0n) is 10.8. The Morgan fingerprint density at radius 2 is 2.29 bits per heavy atom. The summed E-state index contributed by atoms with van der Waals surface area (Å²) in [6.07, 6.45) is 0.554. The van der Waals surface area contributed by atoms with E-state index in [2.05, 4.69) is 30.1 Å². The van der Waals surface area contributed by atoms with E-state index in [0.29, 0.717) is 12.3 Å². The Bertz CT molecular complexity index is 285. The van der Waals surface area contributed by atoms with Crippen molar-refractivity contribution in [3.8, 4) is 6.07 Å². The molecular weight excluding hydrogens is 216 g/mol. The molecule has 1 saturated heterocycles. The second-order valence-corrected chi connectivity index (χ2v) is 4.82. The van der Waals surface area contributed by atoms with Gasteiger partial charge in [0, 0.05) is 45.7 Å². The number of amides is 2. The molecule has 0 aromatic carbocycles. The van der Waals surface area contributed by atoms with Crippen molar-refractivity contribution < 1.29 is 4.79 Å². The lowest BCUT2D eigenvalue weighted by Crippen LogP contribution is -2.38. The zero-order valence-corrected chi connectivity index (χ0v) is 10.8. The number of rotatable bonds is 7. The maximum Gasteiger partial charge on any atom is 0.317 e. The summed E-state index contributed by atoms with van der Waals surface area (Å²) >= 11 is 0. The molecule has 1 fully saturated rings. The summed E-state index contributed by atoms with van der Waals surface area (Å²) in [6.45, 7) is 9.27. The van der Waals surface area contributed by atoms with E-state index >= 15 is 0 Å². The molecule has 1 aliphatic heterocycles. The Hall–Kier alpha value is -1.28. The molecule has 0 unspecified atom stereocenters. The number of carbonyl (C=O) groups excluding carboxylic acids is 1. The van der Waals surface area contributed by atoms with Gasteiger partial charge < -0.3 is 15.1 Å². The first-order chi connectivity index (χ1) is 8.13. The predicted molar refractivity (Wildman–Crippen MR) is 66.5 cm³/mol. The van der Waals surface area contributed by atoms with Crippen LogP contribution in [0.1, 0.15) is 20.3 Å². The SMILES string of the molecule is CC(C)CN(CCC#N)CCN1CCNC1=O. The quantitative estimate of drug-likeness (QED) is 0.716. The van der Waals surface area contributed by atoms with Crippen molar-refractivity contribution in [1.29, 1.82) is 5.26 Å². The zero-order chi connectivity index (χ0) is 12.7. The van der Waals surface area contributed by atoms with Gasteiger partial charge in [0.2, 0.25) is 0 Å². The topological polar surface area (TPSA) is 59.4 Å². The number of nitrogens with one attached hydrogen (secondary N) is 1. The van der Waals surface area contributed by atoms with Gasteiger partial charge in [-0.05, 0) is 5.92 Å². The van der Waals surface area contributed by atoms with Gasteiger partial charge in [0.25, 0.3) is 0 Å². The third-order valence-corrected chi connectivity index (χ3v) is 2.79. The van der Waals surface area contributed by atoms with E-state index in [1.807, 2.05) is 4.90 Å². The van der Waals surface area contributed by atoms with Crippen molar-refractivity contribution in [1.82, 2.24) is 15.1 Å². The standard InChI is InChI=1S/C12H22N4O/c1-11(2)10-15(6-3-4-13)8-9-16-7-5-14-12(16)17/h11H,3,5-10H2,1-2H3,(H,14,17). The third kappa shape index (κ3) is 5.05. The van der Waals surface area contributed by atoms with Gasteiger partial charge in [-0.25, -0.2) is 4.79 Å². The van der Waals surface area contributed by atoms with Crippen LogP contribution in [0.4, 0.5) is 4.79 Å². The summed E-state index contributed by atoms with van der Waals surface area (Å²) in [5.74, 6) is 0.584. The van der Waals surface area contributed by atoms with E-state index in [9.17, 15) is 4.79 Å². The average Bonchev–Trinajstić information content (AvgIpc) is 2.67. The number of carbonyl (C=O) groups is 1. The first-order valence-corrected chi connectivity index (χ1v) is 6.25. The predicted octanol–water partition coefficient (Wildman–Crippen LogP) is 0.883. The molecule has 1 N–H and O–H groups in total. The molecule has 5 nitrogen and oxygen atoms in total. The van der Waals surface area contributed by atoms with Gasteiger partial charge in [0.15, 0.2) is 0 Å². The molecule has 1 rings (SSSR count). The van der Waals surface area contributed by atoms with Crippen LogP contribution >= 0.6 is 0 Å². The fraction of sp³-hybridized carbons (Fsp3) is 0.833. The molecule has 0 aromatic rings. The average molecular weight is 238 g/mol. The second kappa shape index (κ2) is 7.13. The smallest absolute Gasteiger partial charge is 0.317 e. The highest BCUT2D eigenvalue weighted by molar-refractivity contribution is 5.76. The van der Waals surface area contributed by atoms with E-state index in [4.69, 9.17) is 5.26 Å². The number of urea groups is 1. The molecule has 5 heteroatoms. The van der Waals surface area contributed by atoms with Crippen LogP contribution < -0.4 is 5.32 Å². The molecular formula is C12H22N4O. The molecule has 0 aliphatic carbocycles. The molecule has 0 radical (unpaired) electrons. The Morgan fingerprint density at radius 1 is 1.53 bits per heavy atom. The highest BCUT2D eigenvalue weighted by Gasteiger charge is 2.19. The van der Waals surface area contributed by atoms with Crippen LogP contribution in [0.5, 0.6) is 0 Å². The lowest BCUT2D eigenvalue weighted by atomic mass is 10.2. The van der Waals surface area contributed by atoms with E-state index < -0.39 is 0 Å². The van der Waals surface area contributed by atoms with Crippen molar-refractivity contribution >= 4 is 6.03 Å². The molecule has 17 heavy (non-hydrogen) atoms. The summed E-state index contributed by atoms with van der Waals surface area (Å²) < 4.78 is 0. The molecule has 0 saturated carbocycles. The maximum absolute atomic E-state index is 11.4. The van der Waals surface area contributed by atoms with Crippen LogP contribution in [0.25, 0.3) is 0 Å². The summed E-state index contributed by atoms with van der Waals surface area (Å²) in [6, 6.07) is 2.21. The van der Waals surface area contributed by atoms with Crippen molar-refractivity contribution in [3.63, 3.8) is 0 Å². The minimum absolute atomic E-state index is 0.0368. The van der Waals surface area contributed by atoms with E-state index in [-0.39, 0.29) is 6.03 Å². The number of hydrogen-bond acceptors (Lipinski definition) is 3. The number of nitriles is 1. The van der Waals surface area contributed by atoms with Gasteiger partial charge in [0.1, 0.15) is 0 Å². The van der Waals surface area contributed by atoms with Crippen LogP contribution in [0.2, 0.25) is 0 Å². The lowest BCUT2D eigenvalue weighted by Gasteiger charge is -2.25. The molecule has 96 valence electrons. The largest absolute Gasteiger partial charge is 0.336 e. The molecule has 0 aromatic heterocycles. The van der Waals surface area contributed by atoms with E-state index in [0.717, 1.165) is 39.3 Å². The van der Waals surface area contributed by atoms with Crippen LogP contribution in [-0.4, -0.2) is 55.1 Å². The lowest BCUT2D eigenvalue weighted by molar-refractivity contribution is 0.195. The molecule has 0 spiro atoms. The minimum atomic E-state index is 0.0368. The molecule has 0 bridgehead atoms. The Labute approximate surface area is 103 Å². The number of hydrogen-bond donors (Lipinski definition) is 1. The van der Waals surface area contributed by atoms with Crippen LogP contribution in [-0.2, 0) is 0 Å². The molecule has 1 aliphatic rings. The molecule has 2 amide bonds. The fourth-order valence-corrected chi connectivity index (χ4v) is 2.01. The Kier molecular flexibility index (Phi) is 5.78. The highest BCUT2D eigenvalue weighted by atomic mass is 16.2. The van der Waals surface area contributed by atoms with Gasteiger partial charge in [-0.15, -0.1) is 0 Å². The fourth-order valence-electron chi connectivity index (χ4n) is 2.01. The van der Waals surface area contributed by atoms with Crippen LogP contribution in [0.15, 0.2) is 0 Å². The van der Waals surface area contributed by atoms with Gasteiger partial charge in [-0.2, -0.15) is 5.26 Å². The summed E-state index contributed by atoms with van der Waals surface area (Å²) in [5, 5.41) is 11.4. The molecule has 1 heterocycles. The molecule has 0 atom stereocenters. The summed E-state index contributed by atoms with van der Waals surface area (Å²) in [4.78, 5) is 15.5. The monoisotopic (exact) mass is 238 g/mol. The normalized spacial score (nSPS) is 15.5. The first-order valence-electron chi connectivity index (χ1n) is 6.25. The first kappa shape index (κ1) is 13.8. The van der Waals surface area contributed by atoms with Gasteiger partial charge in [-0.3, -0.25) is 0 Å². The Morgan fingerprint density at radius 3 is 2.82 bits per heavy atom. The minimum Gasteiger partial charge on any atom is -0.336 e. The third-order valence-electron chi connectivity index (χ3n) is 2.79. The maximum atomic E-state index is 11.4. The van der Waals surface area contributed by atoms with Crippen LogP contribution in [0.3, 0.4) is 0 Å². The summed E-state index contributed by atoms with van der Waals surface area (Å²) in [7, 11) is 0. The number of nitrogens with zero attached hydrogens (tertiary/aromatic N) is 3. The van der Waals surface area contributed by atoms with E-state index in [1.54, 1.807) is 0 Å². The summed E-state index contributed by atoms with van der Waals surface area (Å²) in [5.41, 5.74) is 0. The highest BCUT2D eigenvalue weighted by Crippen LogP contribution is 2.02. The van der Waals surface area contributed by atoms with Gasteiger partial charge in [-0.1, -0.05) is 13.8 Å². The van der Waals surface area contributed by atoms with Crippen molar-refractivity contribution in [2.45, 2.75) is 20.3 Å². The van der Waals surface area contributed by atoms with Gasteiger partial charge >= 0.3 is 6.03 Å². The van der Waals surface area contributed by atoms with Gasteiger partial charge in [0.05, 0.1) is 6.07 Å².